The van der Waals surface area contributed by atoms with Gasteiger partial charge in [0, 0.05) is 12.3 Å². The standard InChI is InChI=1S/C13H24N2O2S/c1-5-10-11(16)14-13(6-2,7-3)12(17)15(10)8-9-18-4/h10H,5-9H2,1-4H3,(H,14,16). The van der Waals surface area contributed by atoms with Crippen molar-refractivity contribution in [2.75, 3.05) is 18.6 Å². The van der Waals surface area contributed by atoms with E-state index in [-0.39, 0.29) is 17.9 Å². The Morgan fingerprint density at radius 1 is 1.28 bits per heavy atom. The highest BCUT2D eigenvalue weighted by atomic mass is 32.2. The van der Waals surface area contributed by atoms with E-state index in [1.165, 1.54) is 0 Å². The lowest BCUT2D eigenvalue weighted by atomic mass is 9.86. The van der Waals surface area contributed by atoms with Gasteiger partial charge < -0.3 is 10.2 Å². The van der Waals surface area contributed by atoms with Crippen LogP contribution in [0.5, 0.6) is 0 Å². The second-order valence-corrected chi connectivity index (χ2v) is 5.68. The molecule has 0 aromatic heterocycles. The first kappa shape index (κ1) is 15.3. The molecule has 18 heavy (non-hydrogen) atoms. The molecule has 0 bridgehead atoms. The average Bonchev–Trinajstić information content (AvgIpc) is 2.39. The third-order valence-electron chi connectivity index (χ3n) is 3.84. The molecular weight excluding hydrogens is 248 g/mol. The van der Waals surface area contributed by atoms with E-state index in [2.05, 4.69) is 5.32 Å². The summed E-state index contributed by atoms with van der Waals surface area (Å²) in [6, 6.07) is -0.295. The largest absolute Gasteiger partial charge is 0.340 e. The monoisotopic (exact) mass is 272 g/mol. The Hall–Kier alpha value is -0.710. The summed E-state index contributed by atoms with van der Waals surface area (Å²) in [6.45, 7) is 6.53. The molecule has 0 saturated carbocycles. The first-order valence-corrected chi connectivity index (χ1v) is 8.07. The van der Waals surface area contributed by atoms with Crippen LogP contribution >= 0.6 is 11.8 Å². The molecule has 1 heterocycles. The van der Waals surface area contributed by atoms with Crippen LogP contribution in [0.15, 0.2) is 0 Å². The molecule has 1 saturated heterocycles. The van der Waals surface area contributed by atoms with Crippen molar-refractivity contribution < 1.29 is 9.59 Å². The molecule has 1 aliphatic rings. The molecule has 1 aliphatic heterocycles. The van der Waals surface area contributed by atoms with Crippen molar-refractivity contribution in [3.8, 4) is 0 Å². The van der Waals surface area contributed by atoms with Gasteiger partial charge in [0.2, 0.25) is 11.8 Å². The van der Waals surface area contributed by atoms with E-state index in [4.69, 9.17) is 0 Å². The number of thioether (sulfide) groups is 1. The number of nitrogens with one attached hydrogen (secondary N) is 1. The molecule has 4 nitrogen and oxygen atoms in total. The van der Waals surface area contributed by atoms with Crippen molar-refractivity contribution in [3.63, 3.8) is 0 Å². The lowest BCUT2D eigenvalue weighted by molar-refractivity contribution is -0.155. The van der Waals surface area contributed by atoms with Gasteiger partial charge in [-0.2, -0.15) is 11.8 Å². The summed E-state index contributed by atoms with van der Waals surface area (Å²) in [7, 11) is 0. The summed E-state index contributed by atoms with van der Waals surface area (Å²) in [5.41, 5.74) is -0.679. The van der Waals surface area contributed by atoms with E-state index in [9.17, 15) is 9.59 Å². The molecule has 0 spiro atoms. The zero-order valence-corrected chi connectivity index (χ0v) is 12.6. The average molecular weight is 272 g/mol. The highest BCUT2D eigenvalue weighted by Crippen LogP contribution is 2.26. The summed E-state index contributed by atoms with van der Waals surface area (Å²) in [6.07, 6.45) is 4.00. The van der Waals surface area contributed by atoms with Crippen LogP contribution in [0.25, 0.3) is 0 Å². The molecule has 104 valence electrons. The third-order valence-corrected chi connectivity index (χ3v) is 4.43. The van der Waals surface area contributed by atoms with Gasteiger partial charge in [0.25, 0.3) is 0 Å². The number of hydrogen-bond donors (Lipinski definition) is 1. The van der Waals surface area contributed by atoms with Crippen molar-refractivity contribution in [2.45, 2.75) is 51.6 Å². The van der Waals surface area contributed by atoms with E-state index in [1.807, 2.05) is 27.0 Å². The molecule has 2 amide bonds. The van der Waals surface area contributed by atoms with Crippen LogP contribution in [-0.4, -0.2) is 46.8 Å². The van der Waals surface area contributed by atoms with E-state index >= 15 is 0 Å². The zero-order chi connectivity index (χ0) is 13.8. The molecule has 0 radical (unpaired) electrons. The van der Waals surface area contributed by atoms with Crippen LogP contribution in [0.3, 0.4) is 0 Å². The summed E-state index contributed by atoms with van der Waals surface area (Å²) in [4.78, 5) is 26.6. The van der Waals surface area contributed by atoms with Gasteiger partial charge in [-0.15, -0.1) is 0 Å². The number of carbonyl (C=O) groups excluding carboxylic acids is 2. The number of carbonyl (C=O) groups is 2. The lowest BCUT2D eigenvalue weighted by Crippen LogP contribution is -2.70. The van der Waals surface area contributed by atoms with Gasteiger partial charge in [-0.3, -0.25) is 9.59 Å². The normalized spacial score (nSPS) is 23.1. The smallest absolute Gasteiger partial charge is 0.249 e. The molecular formula is C13H24N2O2S. The van der Waals surface area contributed by atoms with Crippen molar-refractivity contribution in [1.29, 1.82) is 0 Å². The second kappa shape index (κ2) is 6.45. The van der Waals surface area contributed by atoms with Gasteiger partial charge in [-0.1, -0.05) is 20.8 Å². The molecule has 1 N–H and O–H groups in total. The highest BCUT2D eigenvalue weighted by Gasteiger charge is 2.47. The van der Waals surface area contributed by atoms with E-state index in [0.29, 0.717) is 25.8 Å². The number of rotatable bonds is 6. The number of hydrogen-bond acceptors (Lipinski definition) is 3. The van der Waals surface area contributed by atoms with Crippen LogP contribution < -0.4 is 5.32 Å². The topological polar surface area (TPSA) is 49.4 Å². The van der Waals surface area contributed by atoms with Crippen LogP contribution in [-0.2, 0) is 9.59 Å². The fourth-order valence-electron chi connectivity index (χ4n) is 2.51. The predicted molar refractivity (Wildman–Crippen MR) is 75.6 cm³/mol. The number of amides is 2. The minimum Gasteiger partial charge on any atom is -0.340 e. The Morgan fingerprint density at radius 3 is 2.33 bits per heavy atom. The molecule has 1 rings (SSSR count). The van der Waals surface area contributed by atoms with Gasteiger partial charge in [-0.25, -0.2) is 0 Å². The van der Waals surface area contributed by atoms with Crippen LogP contribution in [0, 0.1) is 0 Å². The zero-order valence-electron chi connectivity index (χ0n) is 11.8. The summed E-state index contributed by atoms with van der Waals surface area (Å²) in [5, 5.41) is 2.95. The van der Waals surface area contributed by atoms with Crippen LogP contribution in [0.4, 0.5) is 0 Å². The quantitative estimate of drug-likeness (QED) is 0.800. The maximum absolute atomic E-state index is 12.6. The highest BCUT2D eigenvalue weighted by molar-refractivity contribution is 7.98. The molecule has 1 fully saturated rings. The number of piperazine rings is 1. The maximum Gasteiger partial charge on any atom is 0.249 e. The second-order valence-electron chi connectivity index (χ2n) is 4.69. The van der Waals surface area contributed by atoms with Gasteiger partial charge in [0.15, 0.2) is 0 Å². The Bertz CT molecular complexity index is 316. The maximum atomic E-state index is 12.6. The van der Waals surface area contributed by atoms with Gasteiger partial charge in [0.05, 0.1) is 0 Å². The SMILES string of the molecule is CCC1C(=O)NC(CC)(CC)C(=O)N1CCSC. The van der Waals surface area contributed by atoms with E-state index in [0.717, 1.165) is 5.75 Å². The summed E-state index contributed by atoms with van der Waals surface area (Å²) >= 11 is 1.70. The molecule has 0 aromatic rings. The van der Waals surface area contributed by atoms with Gasteiger partial charge >= 0.3 is 0 Å². The minimum absolute atomic E-state index is 0.00176. The number of nitrogens with zero attached hydrogens (tertiary/aromatic N) is 1. The fourth-order valence-corrected chi connectivity index (χ4v) is 2.89. The molecule has 5 heteroatoms. The Morgan fingerprint density at radius 2 is 1.89 bits per heavy atom. The third kappa shape index (κ3) is 2.66. The molecule has 0 aromatic carbocycles. The van der Waals surface area contributed by atoms with Gasteiger partial charge in [-0.05, 0) is 25.5 Å². The first-order valence-electron chi connectivity index (χ1n) is 6.68. The predicted octanol–water partition coefficient (Wildman–Crippen LogP) is 1.65. The van der Waals surface area contributed by atoms with E-state index in [1.54, 1.807) is 16.7 Å². The van der Waals surface area contributed by atoms with Crippen molar-refractivity contribution in [2.24, 2.45) is 0 Å². The Balaban J connectivity index is 2.99. The minimum atomic E-state index is -0.679. The van der Waals surface area contributed by atoms with E-state index < -0.39 is 5.54 Å². The van der Waals surface area contributed by atoms with Crippen LogP contribution in [0.1, 0.15) is 40.0 Å². The lowest BCUT2D eigenvalue weighted by Gasteiger charge is -2.45. The molecule has 1 unspecified atom stereocenters. The van der Waals surface area contributed by atoms with Crippen molar-refractivity contribution >= 4 is 23.6 Å². The summed E-state index contributed by atoms with van der Waals surface area (Å²) in [5.74, 6) is 0.967. The van der Waals surface area contributed by atoms with Crippen LogP contribution in [0.2, 0.25) is 0 Å². The summed E-state index contributed by atoms with van der Waals surface area (Å²) < 4.78 is 0. The van der Waals surface area contributed by atoms with Crippen molar-refractivity contribution in [3.05, 3.63) is 0 Å². The van der Waals surface area contributed by atoms with Gasteiger partial charge in [0.1, 0.15) is 11.6 Å². The molecule has 1 atom stereocenters. The Kier molecular flexibility index (Phi) is 5.50. The Labute approximate surface area is 114 Å². The molecule has 0 aliphatic carbocycles. The first-order chi connectivity index (χ1) is 8.56. The fraction of sp³-hybridized carbons (Fsp3) is 0.846. The van der Waals surface area contributed by atoms with Crippen molar-refractivity contribution in [1.82, 2.24) is 10.2 Å².